The van der Waals surface area contributed by atoms with Crippen molar-refractivity contribution >= 4 is 0 Å². The van der Waals surface area contributed by atoms with E-state index in [1.807, 2.05) is 0 Å². The van der Waals surface area contributed by atoms with Crippen molar-refractivity contribution in [2.75, 3.05) is 0 Å². The molecule has 0 heterocycles. The van der Waals surface area contributed by atoms with E-state index in [0.29, 0.717) is 0 Å². The summed E-state index contributed by atoms with van der Waals surface area (Å²) >= 11 is 0. The van der Waals surface area contributed by atoms with E-state index in [1.54, 1.807) is 0 Å². The zero-order chi connectivity index (χ0) is 10.3. The molecule has 2 aliphatic carbocycles. The Morgan fingerprint density at radius 1 is 1.21 bits per heavy atom. The second-order valence-corrected chi connectivity index (χ2v) is 6.17. The fourth-order valence-electron chi connectivity index (χ4n) is 3.38. The van der Waals surface area contributed by atoms with Gasteiger partial charge in [-0.05, 0) is 49.4 Å². The Hall–Kier alpha value is -0.0400. The zero-order valence-corrected chi connectivity index (χ0v) is 9.92. The molecule has 0 aromatic rings. The van der Waals surface area contributed by atoms with Gasteiger partial charge in [0.2, 0.25) is 0 Å². The highest BCUT2D eigenvalue weighted by Crippen LogP contribution is 2.51. The number of nitrogens with two attached hydrogens (primary N) is 1. The molecule has 2 N–H and O–H groups in total. The van der Waals surface area contributed by atoms with Crippen molar-refractivity contribution in [3.05, 3.63) is 0 Å². The van der Waals surface area contributed by atoms with Crippen molar-refractivity contribution in [1.82, 2.24) is 0 Å². The van der Waals surface area contributed by atoms with Gasteiger partial charge in [-0.1, -0.05) is 27.2 Å². The van der Waals surface area contributed by atoms with E-state index in [9.17, 15) is 0 Å². The smallest absolute Gasteiger partial charge is 0.0187 e. The third kappa shape index (κ3) is 1.84. The maximum atomic E-state index is 6.41. The Labute approximate surface area is 88.4 Å². The molecule has 0 radical (unpaired) electrons. The number of rotatable bonds is 2. The Bertz CT molecular complexity index is 205. The average molecular weight is 195 g/mol. The third-order valence-corrected chi connectivity index (χ3v) is 4.59. The van der Waals surface area contributed by atoms with Crippen molar-refractivity contribution in [3.8, 4) is 0 Å². The fraction of sp³-hybridized carbons (Fsp3) is 1.00. The van der Waals surface area contributed by atoms with Gasteiger partial charge in [0.05, 0.1) is 0 Å². The summed E-state index contributed by atoms with van der Waals surface area (Å²) < 4.78 is 0. The molecule has 0 spiro atoms. The summed E-state index contributed by atoms with van der Waals surface area (Å²) in [7, 11) is 0. The van der Waals surface area contributed by atoms with E-state index in [0.717, 1.165) is 23.7 Å². The van der Waals surface area contributed by atoms with E-state index in [2.05, 4.69) is 20.8 Å². The third-order valence-electron chi connectivity index (χ3n) is 4.59. The Kier molecular flexibility index (Phi) is 2.63. The SMILES string of the molecule is CC1CCC(C(C)C)C(C2(N)CC2)C1. The van der Waals surface area contributed by atoms with Gasteiger partial charge in [0, 0.05) is 5.54 Å². The molecule has 3 atom stereocenters. The standard InChI is InChI=1S/C13H25N/c1-9(2)11-5-4-10(3)8-12(11)13(14)6-7-13/h9-12H,4-8,14H2,1-3H3. The quantitative estimate of drug-likeness (QED) is 0.719. The van der Waals surface area contributed by atoms with Gasteiger partial charge in [-0.2, -0.15) is 0 Å². The van der Waals surface area contributed by atoms with E-state index >= 15 is 0 Å². The summed E-state index contributed by atoms with van der Waals surface area (Å²) in [6.45, 7) is 7.15. The molecule has 2 aliphatic rings. The molecule has 0 aromatic heterocycles. The van der Waals surface area contributed by atoms with Crippen LogP contribution in [0.15, 0.2) is 0 Å². The minimum absolute atomic E-state index is 0.254. The number of hydrogen-bond donors (Lipinski definition) is 1. The molecule has 0 amide bonds. The lowest BCUT2D eigenvalue weighted by molar-refractivity contribution is 0.113. The Balaban J connectivity index is 2.07. The van der Waals surface area contributed by atoms with Crippen molar-refractivity contribution in [2.24, 2.45) is 29.4 Å². The second-order valence-electron chi connectivity index (χ2n) is 6.17. The maximum Gasteiger partial charge on any atom is 0.0187 e. The molecule has 0 bridgehead atoms. The Morgan fingerprint density at radius 2 is 1.86 bits per heavy atom. The van der Waals surface area contributed by atoms with Gasteiger partial charge in [-0.3, -0.25) is 0 Å². The molecule has 82 valence electrons. The van der Waals surface area contributed by atoms with Crippen LogP contribution in [0.25, 0.3) is 0 Å². The number of hydrogen-bond acceptors (Lipinski definition) is 1. The first-order valence-corrected chi connectivity index (χ1v) is 6.32. The van der Waals surface area contributed by atoms with Gasteiger partial charge in [0.1, 0.15) is 0 Å². The van der Waals surface area contributed by atoms with Crippen molar-refractivity contribution in [2.45, 2.75) is 58.4 Å². The van der Waals surface area contributed by atoms with Crippen molar-refractivity contribution in [1.29, 1.82) is 0 Å². The summed E-state index contributed by atoms with van der Waals surface area (Å²) in [5, 5.41) is 0. The maximum absolute atomic E-state index is 6.41. The highest BCUT2D eigenvalue weighted by atomic mass is 14.8. The van der Waals surface area contributed by atoms with Crippen LogP contribution >= 0.6 is 0 Å². The largest absolute Gasteiger partial charge is 0.325 e. The van der Waals surface area contributed by atoms with Gasteiger partial charge in [-0.15, -0.1) is 0 Å². The van der Waals surface area contributed by atoms with Gasteiger partial charge in [-0.25, -0.2) is 0 Å². The van der Waals surface area contributed by atoms with Crippen LogP contribution in [-0.2, 0) is 0 Å². The predicted octanol–water partition coefficient (Wildman–Crippen LogP) is 3.19. The van der Waals surface area contributed by atoms with Crippen LogP contribution in [0.1, 0.15) is 52.9 Å². The highest BCUT2D eigenvalue weighted by molar-refractivity contribution is 5.07. The van der Waals surface area contributed by atoms with E-state index in [-0.39, 0.29) is 5.54 Å². The molecule has 1 heteroatoms. The van der Waals surface area contributed by atoms with Gasteiger partial charge < -0.3 is 5.73 Å². The van der Waals surface area contributed by atoms with Gasteiger partial charge >= 0.3 is 0 Å². The molecular weight excluding hydrogens is 170 g/mol. The first-order valence-electron chi connectivity index (χ1n) is 6.32. The normalized spacial score (nSPS) is 41.4. The van der Waals surface area contributed by atoms with E-state index < -0.39 is 0 Å². The van der Waals surface area contributed by atoms with E-state index in [1.165, 1.54) is 32.1 Å². The minimum Gasteiger partial charge on any atom is -0.325 e. The molecule has 14 heavy (non-hydrogen) atoms. The van der Waals surface area contributed by atoms with Gasteiger partial charge in [0.25, 0.3) is 0 Å². The lowest BCUT2D eigenvalue weighted by Crippen LogP contribution is -2.42. The molecule has 0 saturated heterocycles. The molecular formula is C13H25N. The van der Waals surface area contributed by atoms with Crippen LogP contribution in [0.3, 0.4) is 0 Å². The molecule has 3 unspecified atom stereocenters. The van der Waals surface area contributed by atoms with Gasteiger partial charge in [0.15, 0.2) is 0 Å². The first kappa shape index (κ1) is 10.5. The lowest BCUT2D eigenvalue weighted by atomic mass is 9.66. The summed E-state index contributed by atoms with van der Waals surface area (Å²) in [6.07, 6.45) is 6.80. The van der Waals surface area contributed by atoms with Crippen LogP contribution in [0.4, 0.5) is 0 Å². The first-order chi connectivity index (χ1) is 6.53. The predicted molar refractivity (Wildman–Crippen MR) is 61.0 cm³/mol. The second kappa shape index (κ2) is 3.52. The molecule has 0 aromatic carbocycles. The summed E-state index contributed by atoms with van der Waals surface area (Å²) in [6, 6.07) is 0. The summed E-state index contributed by atoms with van der Waals surface area (Å²) in [5.41, 5.74) is 6.67. The zero-order valence-electron chi connectivity index (χ0n) is 9.92. The van der Waals surface area contributed by atoms with Crippen LogP contribution in [-0.4, -0.2) is 5.54 Å². The van der Waals surface area contributed by atoms with E-state index in [4.69, 9.17) is 5.73 Å². The minimum atomic E-state index is 0.254. The van der Waals surface area contributed by atoms with Crippen LogP contribution < -0.4 is 5.73 Å². The Morgan fingerprint density at radius 3 is 2.36 bits per heavy atom. The summed E-state index contributed by atoms with van der Waals surface area (Å²) in [5.74, 6) is 3.47. The van der Waals surface area contributed by atoms with Crippen molar-refractivity contribution < 1.29 is 0 Å². The molecule has 2 rings (SSSR count). The van der Waals surface area contributed by atoms with Crippen LogP contribution in [0.5, 0.6) is 0 Å². The molecule has 2 saturated carbocycles. The average Bonchev–Trinajstić information content (AvgIpc) is 2.84. The summed E-state index contributed by atoms with van der Waals surface area (Å²) in [4.78, 5) is 0. The lowest BCUT2D eigenvalue weighted by Gasteiger charge is -2.41. The molecule has 2 fully saturated rings. The van der Waals surface area contributed by atoms with Crippen LogP contribution in [0.2, 0.25) is 0 Å². The monoisotopic (exact) mass is 195 g/mol. The highest BCUT2D eigenvalue weighted by Gasteiger charge is 2.50. The topological polar surface area (TPSA) is 26.0 Å². The van der Waals surface area contributed by atoms with Crippen LogP contribution in [0, 0.1) is 23.7 Å². The fourth-order valence-corrected chi connectivity index (χ4v) is 3.38. The molecule has 0 aliphatic heterocycles. The van der Waals surface area contributed by atoms with Crippen molar-refractivity contribution in [3.63, 3.8) is 0 Å². The molecule has 1 nitrogen and oxygen atoms in total.